The molecule has 17 heavy (non-hydrogen) atoms. The standard InChI is InChI=1S/C15H22O2/c1-10(2)14(8-6-12(4)16)15-9-13(17)7-5-11(15)3/h5,7,9-10,14,17H,6,8H2,1-4H3. The smallest absolute Gasteiger partial charge is 0.129 e. The first-order valence-electron chi connectivity index (χ1n) is 6.20. The molecule has 94 valence electrons. The van der Waals surface area contributed by atoms with Gasteiger partial charge < -0.3 is 9.90 Å². The topological polar surface area (TPSA) is 37.3 Å². The van der Waals surface area contributed by atoms with Gasteiger partial charge in [-0.1, -0.05) is 19.9 Å². The lowest BCUT2D eigenvalue weighted by Gasteiger charge is -2.23. The van der Waals surface area contributed by atoms with E-state index in [0.29, 0.717) is 24.0 Å². The summed E-state index contributed by atoms with van der Waals surface area (Å²) < 4.78 is 0. The van der Waals surface area contributed by atoms with Crippen LogP contribution in [0.25, 0.3) is 0 Å². The number of phenolic OH excluding ortho intramolecular Hbond substituents is 1. The van der Waals surface area contributed by atoms with Gasteiger partial charge in [-0.15, -0.1) is 0 Å². The van der Waals surface area contributed by atoms with Crippen molar-refractivity contribution in [3.8, 4) is 5.75 Å². The van der Waals surface area contributed by atoms with Crippen LogP contribution in [0.5, 0.6) is 5.75 Å². The third-order valence-electron chi connectivity index (χ3n) is 3.27. The zero-order valence-corrected chi connectivity index (χ0v) is 11.2. The van der Waals surface area contributed by atoms with E-state index in [4.69, 9.17) is 0 Å². The number of aromatic hydroxyl groups is 1. The van der Waals surface area contributed by atoms with Crippen LogP contribution < -0.4 is 0 Å². The Morgan fingerprint density at radius 2 is 2.00 bits per heavy atom. The largest absolute Gasteiger partial charge is 0.508 e. The minimum Gasteiger partial charge on any atom is -0.508 e. The number of Topliss-reactive ketones (excluding diaryl/α,β-unsaturated/α-hetero) is 1. The van der Waals surface area contributed by atoms with E-state index >= 15 is 0 Å². The van der Waals surface area contributed by atoms with E-state index in [0.717, 1.165) is 6.42 Å². The number of phenols is 1. The first kappa shape index (κ1) is 13.8. The molecule has 0 aliphatic carbocycles. The summed E-state index contributed by atoms with van der Waals surface area (Å²) in [6.45, 7) is 8.01. The fourth-order valence-electron chi connectivity index (χ4n) is 2.23. The normalized spacial score (nSPS) is 12.8. The Morgan fingerprint density at radius 1 is 1.35 bits per heavy atom. The lowest BCUT2D eigenvalue weighted by molar-refractivity contribution is -0.117. The minimum absolute atomic E-state index is 0.230. The summed E-state index contributed by atoms with van der Waals surface area (Å²) in [5.41, 5.74) is 2.35. The van der Waals surface area contributed by atoms with Gasteiger partial charge in [-0.2, -0.15) is 0 Å². The Labute approximate surface area is 104 Å². The quantitative estimate of drug-likeness (QED) is 0.841. The number of carbonyl (C=O) groups excluding carboxylic acids is 1. The molecule has 0 aromatic heterocycles. The summed E-state index contributed by atoms with van der Waals surface area (Å²) in [6.07, 6.45) is 1.47. The molecule has 0 heterocycles. The van der Waals surface area contributed by atoms with Crippen molar-refractivity contribution in [3.05, 3.63) is 29.3 Å². The molecule has 0 aliphatic rings. The number of aryl methyl sites for hydroxylation is 1. The SMILES string of the molecule is CC(=O)CCC(c1cc(O)ccc1C)C(C)C. The van der Waals surface area contributed by atoms with E-state index in [9.17, 15) is 9.90 Å². The Hall–Kier alpha value is -1.31. The van der Waals surface area contributed by atoms with E-state index in [1.807, 2.05) is 12.1 Å². The molecule has 0 saturated carbocycles. The highest BCUT2D eigenvalue weighted by Crippen LogP contribution is 2.33. The second-order valence-corrected chi connectivity index (χ2v) is 5.13. The average molecular weight is 234 g/mol. The summed E-state index contributed by atoms with van der Waals surface area (Å²) in [7, 11) is 0. The number of benzene rings is 1. The van der Waals surface area contributed by atoms with Gasteiger partial charge in [-0.25, -0.2) is 0 Å². The molecule has 0 fully saturated rings. The van der Waals surface area contributed by atoms with Crippen LogP contribution in [0.1, 0.15) is 50.7 Å². The van der Waals surface area contributed by atoms with Crippen molar-refractivity contribution in [2.75, 3.05) is 0 Å². The zero-order valence-electron chi connectivity index (χ0n) is 11.2. The first-order chi connectivity index (χ1) is 7.91. The molecule has 1 aromatic rings. The zero-order chi connectivity index (χ0) is 13.0. The third-order valence-corrected chi connectivity index (χ3v) is 3.27. The van der Waals surface area contributed by atoms with E-state index in [2.05, 4.69) is 20.8 Å². The maximum absolute atomic E-state index is 11.1. The van der Waals surface area contributed by atoms with E-state index in [1.165, 1.54) is 11.1 Å². The van der Waals surface area contributed by atoms with E-state index < -0.39 is 0 Å². The number of ketones is 1. The maximum Gasteiger partial charge on any atom is 0.129 e. The molecular formula is C15H22O2. The number of hydrogen-bond acceptors (Lipinski definition) is 2. The first-order valence-corrected chi connectivity index (χ1v) is 6.20. The monoisotopic (exact) mass is 234 g/mol. The van der Waals surface area contributed by atoms with Crippen molar-refractivity contribution in [3.63, 3.8) is 0 Å². The van der Waals surface area contributed by atoms with Crippen LogP contribution in [-0.4, -0.2) is 10.9 Å². The molecule has 0 radical (unpaired) electrons. The molecule has 1 rings (SSSR count). The Balaban J connectivity index is 2.96. The molecule has 0 bridgehead atoms. The summed E-state index contributed by atoms with van der Waals surface area (Å²) >= 11 is 0. The van der Waals surface area contributed by atoms with Crippen molar-refractivity contribution in [1.29, 1.82) is 0 Å². The Kier molecular flexibility index (Phi) is 4.73. The highest BCUT2D eigenvalue weighted by Gasteiger charge is 2.18. The van der Waals surface area contributed by atoms with Crippen molar-refractivity contribution in [2.24, 2.45) is 5.92 Å². The summed E-state index contributed by atoms with van der Waals surface area (Å²) in [4.78, 5) is 11.1. The predicted octanol–water partition coefficient (Wildman–Crippen LogP) is 3.81. The molecule has 1 unspecified atom stereocenters. The van der Waals surface area contributed by atoms with Crippen molar-refractivity contribution in [1.82, 2.24) is 0 Å². The van der Waals surface area contributed by atoms with Crippen LogP contribution in [0.4, 0.5) is 0 Å². The van der Waals surface area contributed by atoms with Gasteiger partial charge in [0.25, 0.3) is 0 Å². The van der Waals surface area contributed by atoms with Crippen LogP contribution in [0.3, 0.4) is 0 Å². The van der Waals surface area contributed by atoms with Gasteiger partial charge in [0.05, 0.1) is 0 Å². The van der Waals surface area contributed by atoms with Gasteiger partial charge >= 0.3 is 0 Å². The van der Waals surface area contributed by atoms with Crippen LogP contribution in [0.15, 0.2) is 18.2 Å². The number of rotatable bonds is 5. The molecule has 0 aliphatic heterocycles. The van der Waals surface area contributed by atoms with E-state index in [1.54, 1.807) is 13.0 Å². The molecule has 1 aromatic carbocycles. The summed E-state index contributed by atoms with van der Waals surface area (Å²) in [5.74, 6) is 1.34. The molecule has 1 atom stereocenters. The molecule has 1 N–H and O–H groups in total. The van der Waals surface area contributed by atoms with Crippen molar-refractivity contribution >= 4 is 5.78 Å². The Morgan fingerprint density at radius 3 is 2.53 bits per heavy atom. The lowest BCUT2D eigenvalue weighted by atomic mass is 9.82. The fourth-order valence-corrected chi connectivity index (χ4v) is 2.23. The van der Waals surface area contributed by atoms with Crippen LogP contribution >= 0.6 is 0 Å². The Bertz CT molecular complexity index is 394. The van der Waals surface area contributed by atoms with Gasteiger partial charge in [-0.3, -0.25) is 0 Å². The maximum atomic E-state index is 11.1. The lowest BCUT2D eigenvalue weighted by Crippen LogP contribution is -2.10. The van der Waals surface area contributed by atoms with Gasteiger partial charge in [0.15, 0.2) is 0 Å². The average Bonchev–Trinajstić information content (AvgIpc) is 2.22. The number of carbonyl (C=O) groups is 1. The highest BCUT2D eigenvalue weighted by molar-refractivity contribution is 5.75. The molecule has 0 saturated heterocycles. The van der Waals surface area contributed by atoms with Crippen LogP contribution in [-0.2, 0) is 4.79 Å². The van der Waals surface area contributed by atoms with Crippen molar-refractivity contribution < 1.29 is 9.90 Å². The summed E-state index contributed by atoms with van der Waals surface area (Å²) in [5, 5.41) is 9.58. The van der Waals surface area contributed by atoms with E-state index in [-0.39, 0.29) is 5.78 Å². The van der Waals surface area contributed by atoms with Gasteiger partial charge in [0, 0.05) is 6.42 Å². The molecule has 0 amide bonds. The molecule has 2 heteroatoms. The predicted molar refractivity (Wildman–Crippen MR) is 70.3 cm³/mol. The van der Waals surface area contributed by atoms with Gasteiger partial charge in [0.2, 0.25) is 0 Å². The second kappa shape index (κ2) is 5.85. The second-order valence-electron chi connectivity index (χ2n) is 5.13. The van der Waals surface area contributed by atoms with Crippen LogP contribution in [0, 0.1) is 12.8 Å². The third kappa shape index (κ3) is 3.88. The minimum atomic E-state index is 0.230. The van der Waals surface area contributed by atoms with Gasteiger partial charge in [-0.05, 0) is 55.4 Å². The number of hydrogen-bond donors (Lipinski definition) is 1. The highest BCUT2D eigenvalue weighted by atomic mass is 16.3. The summed E-state index contributed by atoms with van der Waals surface area (Å²) in [6, 6.07) is 5.48. The van der Waals surface area contributed by atoms with Crippen molar-refractivity contribution in [2.45, 2.75) is 46.5 Å². The fraction of sp³-hybridized carbons (Fsp3) is 0.533. The van der Waals surface area contributed by atoms with Crippen LogP contribution in [0.2, 0.25) is 0 Å². The molecule has 0 spiro atoms. The molecular weight excluding hydrogens is 212 g/mol. The van der Waals surface area contributed by atoms with Gasteiger partial charge in [0.1, 0.15) is 11.5 Å². The molecule has 2 nitrogen and oxygen atoms in total.